The van der Waals surface area contributed by atoms with Crippen molar-refractivity contribution in [2.75, 3.05) is 0 Å². The van der Waals surface area contributed by atoms with Crippen molar-refractivity contribution < 1.29 is 22.4 Å². The molecule has 39 heavy (non-hydrogen) atoms. The Hall–Kier alpha value is -3.03. The van der Waals surface area contributed by atoms with Gasteiger partial charge in [0.25, 0.3) is 0 Å². The van der Waals surface area contributed by atoms with Gasteiger partial charge in [0, 0.05) is 29.2 Å². The minimum absolute atomic E-state index is 0.00692. The molecule has 8 heteroatoms. The SMILES string of the molecule is C=NC(=CCCC)C(CCC(C)C(=O)c1oc(C(C)C)nc1CC)C(=N)/C=C(C)/C(=C\C=C/CC)C(F)(F)F. The van der Waals surface area contributed by atoms with Crippen LogP contribution >= 0.6 is 0 Å². The number of aromatic nitrogens is 1. The highest BCUT2D eigenvalue weighted by Crippen LogP contribution is 2.33. The maximum atomic E-state index is 13.8. The van der Waals surface area contributed by atoms with Crippen LogP contribution in [0.25, 0.3) is 0 Å². The second kappa shape index (κ2) is 16.2. The summed E-state index contributed by atoms with van der Waals surface area (Å²) in [4.78, 5) is 21.8. The number of unbranched alkanes of at least 4 members (excludes halogenated alkanes) is 1. The highest BCUT2D eigenvalue weighted by molar-refractivity contribution is 5.98. The number of oxazole rings is 1. The van der Waals surface area contributed by atoms with E-state index in [1.165, 1.54) is 19.1 Å². The van der Waals surface area contributed by atoms with Crippen molar-refractivity contribution >= 4 is 18.2 Å². The van der Waals surface area contributed by atoms with E-state index in [4.69, 9.17) is 9.83 Å². The number of allylic oxidation sites excluding steroid dienone is 8. The number of aryl methyl sites for hydroxylation is 1. The van der Waals surface area contributed by atoms with E-state index in [1.807, 2.05) is 40.7 Å². The fourth-order valence-electron chi connectivity index (χ4n) is 4.05. The maximum Gasteiger partial charge on any atom is 0.416 e. The van der Waals surface area contributed by atoms with Gasteiger partial charge < -0.3 is 9.83 Å². The molecule has 0 aliphatic carbocycles. The van der Waals surface area contributed by atoms with Crippen molar-refractivity contribution in [2.45, 2.75) is 99.1 Å². The molecule has 0 aliphatic rings. The quantitative estimate of drug-likeness (QED) is 0.127. The molecule has 216 valence electrons. The van der Waals surface area contributed by atoms with Crippen LogP contribution in [-0.4, -0.2) is 29.4 Å². The number of carbonyl (C=O) groups excluding carboxylic acids is 1. The summed E-state index contributed by atoms with van der Waals surface area (Å²) >= 11 is 0. The van der Waals surface area contributed by atoms with Gasteiger partial charge in [0.1, 0.15) is 0 Å². The Labute approximate surface area is 231 Å². The van der Waals surface area contributed by atoms with E-state index < -0.39 is 23.6 Å². The van der Waals surface area contributed by atoms with Crippen LogP contribution in [0.2, 0.25) is 0 Å². The molecule has 0 bridgehead atoms. The molecular weight excluding hydrogens is 503 g/mol. The monoisotopic (exact) mass is 547 g/mol. The number of ketones is 1. The number of hydrogen-bond acceptors (Lipinski definition) is 5. The van der Waals surface area contributed by atoms with Crippen LogP contribution in [0.3, 0.4) is 0 Å². The van der Waals surface area contributed by atoms with Crippen molar-refractivity contribution in [1.29, 1.82) is 5.41 Å². The van der Waals surface area contributed by atoms with Gasteiger partial charge in [0.05, 0.1) is 11.3 Å². The number of alkyl halides is 3. The third-order valence-electron chi connectivity index (χ3n) is 6.40. The van der Waals surface area contributed by atoms with Gasteiger partial charge in [-0.1, -0.05) is 72.3 Å². The number of hydrogen-bond donors (Lipinski definition) is 1. The molecule has 0 saturated heterocycles. The molecule has 2 unspecified atom stereocenters. The van der Waals surface area contributed by atoms with E-state index in [0.29, 0.717) is 49.4 Å². The smallest absolute Gasteiger partial charge is 0.416 e. The van der Waals surface area contributed by atoms with Crippen molar-refractivity contribution in [3.63, 3.8) is 0 Å². The number of nitrogens with one attached hydrogen (secondary N) is 1. The summed E-state index contributed by atoms with van der Waals surface area (Å²) in [5.41, 5.74) is 0.288. The summed E-state index contributed by atoms with van der Waals surface area (Å²) in [6.45, 7) is 16.4. The number of Topliss-reactive ketones (excluding diaryl/α,β-unsaturated/α-hetero) is 1. The third kappa shape index (κ3) is 10.2. The molecule has 0 radical (unpaired) electrons. The molecule has 1 rings (SSSR count). The average molecular weight is 548 g/mol. The summed E-state index contributed by atoms with van der Waals surface area (Å²) in [5.74, 6) is -0.383. The largest absolute Gasteiger partial charge is 0.437 e. The number of rotatable bonds is 16. The number of halogens is 3. The van der Waals surface area contributed by atoms with Crippen molar-refractivity contribution in [1.82, 2.24) is 4.98 Å². The van der Waals surface area contributed by atoms with Gasteiger partial charge in [-0.05, 0) is 57.4 Å². The highest BCUT2D eigenvalue weighted by atomic mass is 19.4. The van der Waals surface area contributed by atoms with Crippen LogP contribution in [0.5, 0.6) is 0 Å². The lowest BCUT2D eigenvalue weighted by molar-refractivity contribution is -0.0892. The summed E-state index contributed by atoms with van der Waals surface area (Å²) in [7, 11) is 0. The minimum atomic E-state index is -4.56. The van der Waals surface area contributed by atoms with Crippen molar-refractivity contribution in [3.8, 4) is 0 Å². The Morgan fingerprint density at radius 2 is 1.85 bits per heavy atom. The van der Waals surface area contributed by atoms with E-state index in [9.17, 15) is 18.0 Å². The second-order valence-electron chi connectivity index (χ2n) is 10.0. The molecule has 1 aromatic rings. The van der Waals surface area contributed by atoms with Crippen LogP contribution in [-0.2, 0) is 6.42 Å². The molecule has 0 fully saturated rings. The number of carbonyl (C=O) groups is 1. The van der Waals surface area contributed by atoms with E-state index in [1.54, 1.807) is 13.0 Å². The van der Waals surface area contributed by atoms with Crippen molar-refractivity contribution in [2.24, 2.45) is 16.8 Å². The second-order valence-corrected chi connectivity index (χ2v) is 10.0. The standard InChI is InChI=1S/C31H44F3N3O2/c1-9-12-14-15-24(31(32,33)34)22(7)19-25(35)23(27(36-8)16-13-10-2)18-17-21(6)28(38)29-26(11-3)37-30(39-29)20(4)5/h12,14-16,19-21,23,35H,8-11,13,17-18H2,1-7H3/b14-12-,22-19+,24-15+,27-16?,35-25?. The lowest BCUT2D eigenvalue weighted by Crippen LogP contribution is -2.20. The minimum Gasteiger partial charge on any atom is -0.437 e. The molecule has 0 aliphatic heterocycles. The Kier molecular flexibility index (Phi) is 14.1. The van der Waals surface area contributed by atoms with Gasteiger partial charge in [0.15, 0.2) is 11.7 Å². The van der Waals surface area contributed by atoms with Gasteiger partial charge in [-0.25, -0.2) is 4.98 Å². The van der Waals surface area contributed by atoms with Crippen LogP contribution in [0.1, 0.15) is 109 Å². The first-order chi connectivity index (χ1) is 18.3. The zero-order valence-corrected chi connectivity index (χ0v) is 24.4. The topological polar surface area (TPSA) is 79.3 Å². The summed E-state index contributed by atoms with van der Waals surface area (Å²) in [6.07, 6.45) is 6.06. The maximum absolute atomic E-state index is 13.8. The summed E-state index contributed by atoms with van der Waals surface area (Å²) in [6, 6.07) is 0. The molecule has 0 spiro atoms. The molecule has 2 atom stereocenters. The summed E-state index contributed by atoms with van der Waals surface area (Å²) in [5, 5.41) is 8.76. The van der Waals surface area contributed by atoms with Crippen LogP contribution in [0.15, 0.2) is 56.6 Å². The number of aliphatic imine (C=N–C) groups is 1. The van der Waals surface area contributed by atoms with Gasteiger partial charge in [0.2, 0.25) is 5.78 Å². The fourth-order valence-corrected chi connectivity index (χ4v) is 4.05. The first-order valence-corrected chi connectivity index (χ1v) is 13.7. The molecule has 1 heterocycles. The lowest BCUT2D eigenvalue weighted by Gasteiger charge is -2.20. The predicted molar refractivity (Wildman–Crippen MR) is 154 cm³/mol. The van der Waals surface area contributed by atoms with Gasteiger partial charge in [-0.2, -0.15) is 13.2 Å². The van der Waals surface area contributed by atoms with Gasteiger partial charge >= 0.3 is 6.18 Å². The zero-order valence-electron chi connectivity index (χ0n) is 24.4. The molecule has 1 aromatic heterocycles. The zero-order chi connectivity index (χ0) is 29.8. The van der Waals surface area contributed by atoms with Crippen LogP contribution < -0.4 is 0 Å². The molecular formula is C31H44F3N3O2. The number of nitrogens with zero attached hydrogens (tertiary/aromatic N) is 2. The van der Waals surface area contributed by atoms with E-state index in [0.717, 1.165) is 12.5 Å². The van der Waals surface area contributed by atoms with Gasteiger partial charge in [-0.15, -0.1) is 0 Å². The fraction of sp³-hybridized carbons (Fsp3) is 0.548. The predicted octanol–water partition coefficient (Wildman–Crippen LogP) is 9.38. The molecule has 5 nitrogen and oxygen atoms in total. The molecule has 1 N–H and O–H groups in total. The first-order valence-electron chi connectivity index (χ1n) is 13.7. The Morgan fingerprint density at radius 3 is 2.36 bits per heavy atom. The van der Waals surface area contributed by atoms with Crippen molar-refractivity contribution in [3.05, 3.63) is 64.6 Å². The Bertz CT molecular complexity index is 1100. The first kappa shape index (κ1) is 34.0. The van der Waals surface area contributed by atoms with Crippen LogP contribution in [0, 0.1) is 17.2 Å². The Balaban J connectivity index is 3.32. The van der Waals surface area contributed by atoms with Crippen LogP contribution in [0.4, 0.5) is 13.2 Å². The lowest BCUT2D eigenvalue weighted by atomic mass is 9.86. The average Bonchev–Trinajstić information content (AvgIpc) is 3.31. The Morgan fingerprint density at radius 1 is 1.18 bits per heavy atom. The molecule has 0 aromatic carbocycles. The summed E-state index contributed by atoms with van der Waals surface area (Å²) < 4.78 is 47.1. The third-order valence-corrected chi connectivity index (χ3v) is 6.40. The normalized spacial score (nSPS) is 15.2. The van der Waals surface area contributed by atoms with E-state index in [2.05, 4.69) is 16.7 Å². The van der Waals surface area contributed by atoms with E-state index in [-0.39, 0.29) is 28.7 Å². The highest BCUT2D eigenvalue weighted by Gasteiger charge is 2.34. The molecule has 0 amide bonds. The van der Waals surface area contributed by atoms with Gasteiger partial charge in [-0.3, -0.25) is 9.79 Å². The van der Waals surface area contributed by atoms with E-state index >= 15 is 0 Å². The molecule has 0 saturated carbocycles.